The summed E-state index contributed by atoms with van der Waals surface area (Å²) in [6.45, 7) is 0.304. The van der Waals surface area contributed by atoms with Gasteiger partial charge in [-0.1, -0.05) is 18.2 Å². The highest BCUT2D eigenvalue weighted by atomic mass is 19.1. The molecule has 0 radical (unpaired) electrons. The second-order valence-corrected chi connectivity index (χ2v) is 7.05. The largest absolute Gasteiger partial charge is 0.497 e. The summed E-state index contributed by atoms with van der Waals surface area (Å²) in [6.07, 6.45) is 1.90. The Morgan fingerprint density at radius 2 is 1.67 bits per heavy atom. The van der Waals surface area contributed by atoms with E-state index in [1.807, 2.05) is 35.0 Å². The van der Waals surface area contributed by atoms with Crippen LogP contribution in [0.3, 0.4) is 0 Å². The van der Waals surface area contributed by atoms with Crippen LogP contribution in [0.15, 0.2) is 72.9 Å². The fraction of sp³-hybridized carbons (Fsp3) is 0.0833. The van der Waals surface area contributed by atoms with Crippen LogP contribution in [-0.4, -0.2) is 21.9 Å². The molecule has 0 saturated carbocycles. The van der Waals surface area contributed by atoms with Gasteiger partial charge >= 0.3 is 0 Å². The van der Waals surface area contributed by atoms with E-state index in [4.69, 9.17) is 4.74 Å². The average molecular weight is 401 g/mol. The van der Waals surface area contributed by atoms with Crippen LogP contribution >= 0.6 is 0 Å². The summed E-state index contributed by atoms with van der Waals surface area (Å²) in [4.78, 5) is 0. The molecule has 148 valence electrons. The maximum Gasteiger partial charge on any atom is 0.128 e. The summed E-state index contributed by atoms with van der Waals surface area (Å²) < 4.78 is 35.5. The van der Waals surface area contributed by atoms with Crippen molar-refractivity contribution in [3.63, 3.8) is 0 Å². The van der Waals surface area contributed by atoms with Gasteiger partial charge in [0.05, 0.1) is 19.2 Å². The van der Waals surface area contributed by atoms with E-state index in [9.17, 15) is 8.78 Å². The first-order valence-electron chi connectivity index (χ1n) is 9.46. The highest BCUT2D eigenvalue weighted by Gasteiger charge is 2.21. The molecule has 5 rings (SSSR count). The van der Waals surface area contributed by atoms with E-state index in [0.29, 0.717) is 28.9 Å². The lowest BCUT2D eigenvalue weighted by Gasteiger charge is -2.15. The lowest BCUT2D eigenvalue weighted by atomic mass is 10.0. The third kappa shape index (κ3) is 3.06. The second kappa shape index (κ2) is 7.22. The number of nitrogens with zero attached hydrogens (tertiary/aromatic N) is 3. The van der Waals surface area contributed by atoms with Gasteiger partial charge in [0, 0.05) is 28.3 Å². The van der Waals surface area contributed by atoms with Crippen molar-refractivity contribution >= 4 is 10.9 Å². The molecule has 0 saturated heterocycles. The van der Waals surface area contributed by atoms with Crippen molar-refractivity contribution in [2.75, 3.05) is 7.11 Å². The van der Waals surface area contributed by atoms with Crippen LogP contribution in [0, 0.1) is 11.6 Å². The molecule has 0 aliphatic carbocycles. The lowest BCUT2D eigenvalue weighted by Crippen LogP contribution is -2.05. The zero-order valence-electron chi connectivity index (χ0n) is 16.1. The van der Waals surface area contributed by atoms with Crippen molar-refractivity contribution in [3.05, 3.63) is 90.1 Å². The van der Waals surface area contributed by atoms with Crippen LogP contribution < -0.4 is 4.74 Å². The van der Waals surface area contributed by atoms with Gasteiger partial charge in [0.1, 0.15) is 28.8 Å². The van der Waals surface area contributed by atoms with Gasteiger partial charge in [-0.2, -0.15) is 0 Å². The van der Waals surface area contributed by atoms with Crippen molar-refractivity contribution in [2.24, 2.45) is 0 Å². The summed E-state index contributed by atoms with van der Waals surface area (Å²) in [6, 6.07) is 18.7. The number of ether oxygens (including phenoxy) is 1. The number of hydrogen-bond donors (Lipinski definition) is 0. The van der Waals surface area contributed by atoms with Crippen LogP contribution in [0.1, 0.15) is 5.56 Å². The molecular weight excluding hydrogens is 384 g/mol. The van der Waals surface area contributed by atoms with Gasteiger partial charge in [-0.3, -0.25) is 0 Å². The van der Waals surface area contributed by atoms with Crippen LogP contribution in [-0.2, 0) is 6.54 Å². The predicted octanol–water partition coefficient (Wildman–Crippen LogP) is 5.54. The number of pyridine rings is 1. The number of methoxy groups -OCH3 is 1. The Labute approximate surface area is 171 Å². The number of hydrogen-bond acceptors (Lipinski definition) is 3. The number of fused-ring (bicyclic) bond motifs is 3. The number of aromatic nitrogens is 3. The monoisotopic (exact) mass is 401 g/mol. The minimum Gasteiger partial charge on any atom is -0.497 e. The number of halogens is 2. The van der Waals surface area contributed by atoms with Gasteiger partial charge in [0.25, 0.3) is 0 Å². The first-order chi connectivity index (χ1) is 14.6. The number of rotatable bonds is 4. The molecule has 0 N–H and O–H groups in total. The molecule has 30 heavy (non-hydrogen) atoms. The van der Waals surface area contributed by atoms with Crippen molar-refractivity contribution in [2.45, 2.75) is 6.54 Å². The van der Waals surface area contributed by atoms with Gasteiger partial charge in [-0.05, 0) is 48.5 Å². The molecule has 0 amide bonds. The predicted molar refractivity (Wildman–Crippen MR) is 112 cm³/mol. The maximum atomic E-state index is 14.3. The fourth-order valence-electron chi connectivity index (χ4n) is 3.72. The van der Waals surface area contributed by atoms with Crippen LogP contribution in [0.4, 0.5) is 8.78 Å². The summed E-state index contributed by atoms with van der Waals surface area (Å²) in [7, 11) is 1.61. The summed E-state index contributed by atoms with van der Waals surface area (Å²) in [5, 5.41) is 9.34. The van der Waals surface area contributed by atoms with Gasteiger partial charge in [0.15, 0.2) is 0 Å². The van der Waals surface area contributed by atoms with E-state index in [1.165, 1.54) is 18.2 Å². The smallest absolute Gasteiger partial charge is 0.128 e. The lowest BCUT2D eigenvalue weighted by molar-refractivity contribution is 0.415. The van der Waals surface area contributed by atoms with Crippen LogP contribution in [0.5, 0.6) is 5.75 Å². The Morgan fingerprint density at radius 3 is 2.43 bits per heavy atom. The van der Waals surface area contributed by atoms with E-state index in [0.717, 1.165) is 22.4 Å². The summed E-state index contributed by atoms with van der Waals surface area (Å²) in [5.41, 5.74) is 4.24. The van der Waals surface area contributed by atoms with Crippen LogP contribution in [0.2, 0.25) is 0 Å². The molecule has 0 unspecified atom stereocenters. The zero-order valence-corrected chi connectivity index (χ0v) is 16.1. The molecule has 0 fully saturated rings. The number of benzene rings is 3. The van der Waals surface area contributed by atoms with Crippen molar-refractivity contribution in [1.82, 2.24) is 14.8 Å². The summed E-state index contributed by atoms with van der Waals surface area (Å²) in [5.74, 6) is 0.0978. The quantitative estimate of drug-likeness (QED) is 0.397. The SMILES string of the molecule is COc1ccc(-c2nnc3c4cc(F)ccc4n(Cc4ccccc4F)cc2-3)cc1. The minimum absolute atomic E-state index is 0.283. The molecule has 0 aromatic heterocycles. The van der Waals surface area contributed by atoms with Crippen molar-refractivity contribution < 1.29 is 13.5 Å². The van der Waals surface area contributed by atoms with E-state index >= 15 is 0 Å². The average Bonchev–Trinajstić information content (AvgIpc) is 3.19. The molecular formula is C24H17F2N3O. The third-order valence-electron chi connectivity index (χ3n) is 5.23. The first-order valence-corrected chi connectivity index (χ1v) is 9.46. The maximum absolute atomic E-state index is 14.3. The second-order valence-electron chi connectivity index (χ2n) is 7.05. The van der Waals surface area contributed by atoms with E-state index in [-0.39, 0.29) is 11.6 Å². The Bertz CT molecular complexity index is 1330. The standard InChI is InChI=1S/C24H17F2N3O/c1-30-18-9-6-15(7-10-18)23-20-14-29(13-16-4-2-3-5-21(16)26)22-11-8-17(25)12-19(22)24(20)28-27-23/h2-12,14H,13H2,1H3. The zero-order chi connectivity index (χ0) is 20.7. The normalized spacial score (nSPS) is 11.3. The highest BCUT2D eigenvalue weighted by molar-refractivity contribution is 5.98. The molecule has 3 aromatic rings. The van der Waals surface area contributed by atoms with Gasteiger partial charge < -0.3 is 9.30 Å². The molecule has 3 aromatic carbocycles. The van der Waals surface area contributed by atoms with Gasteiger partial charge in [-0.25, -0.2) is 8.78 Å². The van der Waals surface area contributed by atoms with Gasteiger partial charge in [0.2, 0.25) is 0 Å². The molecule has 4 nitrogen and oxygen atoms in total. The molecule has 0 bridgehead atoms. The van der Waals surface area contributed by atoms with Crippen molar-refractivity contribution in [3.8, 4) is 28.3 Å². The summed E-state index contributed by atoms with van der Waals surface area (Å²) >= 11 is 0. The molecule has 0 atom stereocenters. The third-order valence-corrected chi connectivity index (χ3v) is 5.23. The Kier molecular flexibility index (Phi) is 4.39. The van der Waals surface area contributed by atoms with Crippen molar-refractivity contribution in [1.29, 1.82) is 0 Å². The fourth-order valence-corrected chi connectivity index (χ4v) is 3.72. The molecule has 6 heteroatoms. The topological polar surface area (TPSA) is 39.9 Å². The molecule has 2 aliphatic rings. The minimum atomic E-state index is -0.360. The Morgan fingerprint density at radius 1 is 0.900 bits per heavy atom. The van der Waals surface area contributed by atoms with E-state index < -0.39 is 0 Å². The van der Waals surface area contributed by atoms with Crippen LogP contribution in [0.25, 0.3) is 33.4 Å². The Balaban J connectivity index is 1.72. The van der Waals surface area contributed by atoms with E-state index in [2.05, 4.69) is 10.2 Å². The van der Waals surface area contributed by atoms with Gasteiger partial charge in [-0.15, -0.1) is 10.2 Å². The Hall–Kier alpha value is -3.80. The molecule has 2 heterocycles. The highest BCUT2D eigenvalue weighted by Crippen LogP contribution is 2.37. The van der Waals surface area contributed by atoms with E-state index in [1.54, 1.807) is 31.4 Å². The molecule has 2 aliphatic heterocycles. The molecule has 0 spiro atoms. The first kappa shape index (κ1) is 18.2.